The number of fused-ring (bicyclic) bond motifs is 8. The molecule has 3 saturated heterocycles. The lowest BCUT2D eigenvalue weighted by molar-refractivity contribution is -0.237. The summed E-state index contributed by atoms with van der Waals surface area (Å²) in [5.41, 5.74) is 2.65. The number of esters is 1. The fourth-order valence-electron chi connectivity index (χ4n) is 12.1. The van der Waals surface area contributed by atoms with Gasteiger partial charge in [0.05, 0.1) is 50.2 Å². The van der Waals surface area contributed by atoms with E-state index in [0.717, 1.165) is 60.5 Å². The van der Waals surface area contributed by atoms with Gasteiger partial charge in [-0.25, -0.2) is 4.98 Å². The van der Waals surface area contributed by atoms with Crippen molar-refractivity contribution in [1.29, 1.82) is 0 Å². The highest BCUT2D eigenvalue weighted by atomic mass is 32.1. The van der Waals surface area contributed by atoms with Crippen molar-refractivity contribution in [2.24, 2.45) is 29.6 Å². The zero-order chi connectivity index (χ0) is 45.4. The molecule has 354 valence electrons. The first kappa shape index (κ1) is 47.7. The van der Waals surface area contributed by atoms with Crippen LogP contribution in [0.2, 0.25) is 0 Å². The van der Waals surface area contributed by atoms with Crippen molar-refractivity contribution in [2.75, 3.05) is 49.1 Å². The summed E-state index contributed by atoms with van der Waals surface area (Å²) in [7, 11) is 10.9. The molecule has 14 heteroatoms. The van der Waals surface area contributed by atoms with Crippen LogP contribution in [-0.2, 0) is 47.5 Å². The molecule has 3 aliphatic heterocycles. The van der Waals surface area contributed by atoms with Crippen molar-refractivity contribution in [3.05, 3.63) is 46.5 Å². The lowest BCUT2D eigenvalue weighted by Gasteiger charge is -2.40. The highest BCUT2D eigenvalue weighted by Gasteiger charge is 2.57. The number of cyclic esters (lactones) is 1. The molecule has 3 aliphatic carbocycles. The summed E-state index contributed by atoms with van der Waals surface area (Å²) >= 11 is 1.71. The Balaban J connectivity index is 1.15. The topological polar surface area (TPSA) is 133 Å². The Morgan fingerprint density at radius 2 is 1.69 bits per heavy atom. The maximum atomic E-state index is 15.3. The van der Waals surface area contributed by atoms with E-state index in [2.05, 4.69) is 51.9 Å². The number of hydrogen-bond acceptors (Lipinski definition) is 14. The van der Waals surface area contributed by atoms with Gasteiger partial charge in [-0.3, -0.25) is 9.59 Å². The van der Waals surface area contributed by atoms with Gasteiger partial charge in [0.2, 0.25) is 0 Å². The van der Waals surface area contributed by atoms with E-state index in [0.29, 0.717) is 31.1 Å². The second-order valence-corrected chi connectivity index (χ2v) is 20.5. The normalized spacial score (nSPS) is 39.4. The molecule has 0 bridgehead atoms. The molecule has 4 fully saturated rings. The molecule has 0 N–H and O–H groups in total. The number of likely N-dealkylation sites (N-methyl/N-ethyl adjacent to an activating group) is 1. The van der Waals surface area contributed by atoms with Gasteiger partial charge in [-0.2, -0.15) is 0 Å². The maximum Gasteiger partial charge on any atom is 0.306 e. The Morgan fingerprint density at radius 3 is 2.39 bits per heavy atom. The van der Waals surface area contributed by atoms with Crippen LogP contribution in [0.5, 0.6) is 5.75 Å². The van der Waals surface area contributed by atoms with Crippen LogP contribution in [0.1, 0.15) is 108 Å². The molecule has 6 aliphatic rings. The lowest BCUT2D eigenvalue weighted by Crippen LogP contribution is -2.48. The first-order chi connectivity index (χ1) is 30.9. The van der Waals surface area contributed by atoms with Crippen molar-refractivity contribution >= 4 is 23.1 Å². The number of methoxy groups -OCH3 is 4. The van der Waals surface area contributed by atoms with Gasteiger partial charge in [0, 0.05) is 67.4 Å². The van der Waals surface area contributed by atoms with Gasteiger partial charge >= 0.3 is 5.97 Å². The number of Topliss-reactive ketones (excluding diaryl/α,β-unsaturated/α-hetero) is 1. The number of allylic oxidation sites excluding steroid dienone is 2. The predicted octanol–water partition coefficient (Wildman–Crippen LogP) is 7.95. The van der Waals surface area contributed by atoms with Gasteiger partial charge in [-0.15, -0.1) is 11.3 Å². The molecule has 64 heavy (non-hydrogen) atoms. The smallest absolute Gasteiger partial charge is 0.306 e. The summed E-state index contributed by atoms with van der Waals surface area (Å²) in [5, 5.41) is 0.892. The third-order valence-corrected chi connectivity index (χ3v) is 16.7. The molecule has 8 rings (SSSR count). The van der Waals surface area contributed by atoms with Crippen LogP contribution >= 0.6 is 11.3 Å². The van der Waals surface area contributed by atoms with Gasteiger partial charge in [-0.1, -0.05) is 39.0 Å². The SMILES string of the molecule is CC[C@H]1CCC[C@H](O[C@H]2CC[C@H](N(C)C)C(C)O2)[C@@H](C)C(=O)C2=C[C@H]3[C@@H]4C[C@H](O[C@@H]5OCC(C)[C@H](OC)C(OC)C5OC)C[C@H]4c4sc(-c5cccc(OC)c5)nc4[C@H]3[C@@H]2CC(=O)O1. The molecule has 0 amide bonds. The Kier molecular flexibility index (Phi) is 15.4. The largest absolute Gasteiger partial charge is 0.497 e. The van der Waals surface area contributed by atoms with Gasteiger partial charge in [-0.05, 0) is 102 Å². The van der Waals surface area contributed by atoms with E-state index < -0.39 is 36.6 Å². The number of carbonyl (C=O) groups excluding carboxylic acids is 2. The monoisotopic (exact) mass is 908 g/mol. The first-order valence-corrected chi connectivity index (χ1v) is 24.6. The zero-order valence-corrected chi connectivity index (χ0v) is 40.4. The molecule has 0 spiro atoms. The molecule has 13 nitrogen and oxygen atoms in total. The highest BCUT2D eigenvalue weighted by molar-refractivity contribution is 7.15. The minimum Gasteiger partial charge on any atom is -0.497 e. The fourth-order valence-corrected chi connectivity index (χ4v) is 13.4. The van der Waals surface area contributed by atoms with Crippen LogP contribution in [0.4, 0.5) is 0 Å². The molecular formula is C50H72N2O11S. The summed E-state index contributed by atoms with van der Waals surface area (Å²) in [6, 6.07) is 8.32. The molecular weight excluding hydrogens is 837 g/mol. The average molecular weight is 909 g/mol. The molecule has 2 aromatic rings. The first-order valence-electron chi connectivity index (χ1n) is 23.8. The van der Waals surface area contributed by atoms with Crippen LogP contribution in [0, 0.1) is 29.6 Å². The Labute approximate surface area is 384 Å². The molecule has 1 aromatic carbocycles. The molecule has 1 aromatic heterocycles. The van der Waals surface area contributed by atoms with E-state index in [9.17, 15) is 4.79 Å². The van der Waals surface area contributed by atoms with E-state index in [1.165, 1.54) is 4.88 Å². The number of aromatic nitrogens is 1. The van der Waals surface area contributed by atoms with E-state index in [1.54, 1.807) is 39.8 Å². The van der Waals surface area contributed by atoms with Crippen LogP contribution in [-0.4, -0.2) is 132 Å². The van der Waals surface area contributed by atoms with Crippen molar-refractivity contribution in [2.45, 2.75) is 159 Å². The number of ketones is 1. The summed E-state index contributed by atoms with van der Waals surface area (Å²) in [5.74, 6) is -0.265. The second-order valence-electron chi connectivity index (χ2n) is 19.5. The number of rotatable bonds is 11. The van der Waals surface area contributed by atoms with E-state index in [1.807, 2.05) is 25.1 Å². The molecule has 1 saturated carbocycles. The fraction of sp³-hybridized carbons (Fsp3) is 0.740. The number of ether oxygens (including phenoxy) is 9. The number of hydrogen-bond donors (Lipinski definition) is 0. The third kappa shape index (κ3) is 9.51. The summed E-state index contributed by atoms with van der Waals surface area (Å²) < 4.78 is 56.6. The standard InChI is InChI=1S/C50H72N2O11S/c1-11-30-15-13-17-39(63-41-19-18-38(52(5)6)28(4)60-41)27(3)44(54)36-23-34-33-21-32(62-50-47(58-10)46(57-9)45(56-8)26(2)25-59-50)22-37(33)48-43(42(34)35(36)24-40(53)61-30)51-49(64-48)29-14-12-16-31(20-29)55-7/h12,14,16,20,23,26-28,30,32-35,37-39,41-42,45-47,50H,11,13,15,17-19,21-22,24-25H2,1-10H3/t26?,27-,28?,30+,32+,33+,34+,35-,37-,38+,39+,41+,42-,45+,46?,47?,50+/m1/s1. The van der Waals surface area contributed by atoms with Crippen LogP contribution in [0.25, 0.3) is 10.6 Å². The number of nitrogens with zero attached hydrogens (tertiary/aromatic N) is 2. The molecule has 0 radical (unpaired) electrons. The van der Waals surface area contributed by atoms with E-state index in [4.69, 9.17) is 47.6 Å². The minimum absolute atomic E-state index is 0.00279. The van der Waals surface area contributed by atoms with Gasteiger partial charge < -0.3 is 47.5 Å². The van der Waals surface area contributed by atoms with Crippen molar-refractivity contribution in [3.63, 3.8) is 0 Å². The molecule has 17 atom stereocenters. The van der Waals surface area contributed by atoms with E-state index >= 15 is 4.79 Å². The Bertz CT molecular complexity index is 1960. The van der Waals surface area contributed by atoms with Gasteiger partial charge in [0.15, 0.2) is 18.4 Å². The van der Waals surface area contributed by atoms with E-state index in [-0.39, 0.29) is 78.3 Å². The maximum absolute atomic E-state index is 15.3. The third-order valence-electron chi connectivity index (χ3n) is 15.5. The highest BCUT2D eigenvalue weighted by Crippen LogP contribution is 2.63. The minimum atomic E-state index is -0.672. The van der Waals surface area contributed by atoms with Crippen LogP contribution in [0.15, 0.2) is 35.9 Å². The zero-order valence-electron chi connectivity index (χ0n) is 39.6. The van der Waals surface area contributed by atoms with Crippen molar-refractivity contribution in [1.82, 2.24) is 9.88 Å². The number of thiazole rings is 1. The summed E-state index contributed by atoms with van der Waals surface area (Å²) in [4.78, 5) is 38.3. The van der Waals surface area contributed by atoms with Crippen molar-refractivity contribution < 1.29 is 52.2 Å². The number of benzene rings is 1. The van der Waals surface area contributed by atoms with Crippen molar-refractivity contribution in [3.8, 4) is 16.3 Å². The van der Waals surface area contributed by atoms with Crippen LogP contribution < -0.4 is 4.74 Å². The average Bonchev–Trinajstić information content (AvgIpc) is 4.00. The summed E-state index contributed by atoms with van der Waals surface area (Å²) in [6.45, 7) is 8.72. The Hall–Kier alpha value is -2.79. The summed E-state index contributed by atoms with van der Waals surface area (Å²) in [6.07, 6.45) is 5.48. The number of carbonyl (C=O) groups is 2. The van der Waals surface area contributed by atoms with Gasteiger partial charge in [0.1, 0.15) is 29.1 Å². The predicted molar refractivity (Wildman–Crippen MR) is 242 cm³/mol. The quantitative estimate of drug-likeness (QED) is 0.202. The van der Waals surface area contributed by atoms with Crippen LogP contribution in [0.3, 0.4) is 0 Å². The Morgan fingerprint density at radius 1 is 0.906 bits per heavy atom. The lowest BCUT2D eigenvalue weighted by atomic mass is 9.67. The molecule has 4 unspecified atom stereocenters. The molecule has 4 heterocycles. The van der Waals surface area contributed by atoms with Gasteiger partial charge in [0.25, 0.3) is 0 Å². The second kappa shape index (κ2) is 20.6.